The highest BCUT2D eigenvalue weighted by molar-refractivity contribution is 5.87. The Morgan fingerprint density at radius 1 is 0.575 bits per heavy atom. The van der Waals surface area contributed by atoms with Crippen LogP contribution in [0.5, 0.6) is 0 Å². The van der Waals surface area contributed by atoms with Crippen molar-refractivity contribution in [3.63, 3.8) is 0 Å². The number of rotatable bonds is 20. The van der Waals surface area contributed by atoms with E-state index in [2.05, 4.69) is 92.1 Å². The highest BCUT2D eigenvalue weighted by Crippen LogP contribution is 2.39. The number of aryl methyl sites for hydroxylation is 8. The average Bonchev–Trinajstić information content (AvgIpc) is 1.88. The molecule has 19 nitrogen and oxygen atoms in total. The Bertz CT molecular complexity index is 3610. The molecule has 0 amide bonds. The second-order valence-corrected chi connectivity index (χ2v) is 23.7. The number of anilines is 4. The minimum atomic E-state index is 0.0502. The van der Waals surface area contributed by atoms with E-state index in [1.54, 1.807) is 0 Å². The number of carbonyl (C=O) groups is 1. The van der Waals surface area contributed by atoms with E-state index in [1.165, 1.54) is 11.1 Å². The van der Waals surface area contributed by atoms with Crippen LogP contribution in [0.1, 0.15) is 134 Å². The fourth-order valence-corrected chi connectivity index (χ4v) is 12.4. The summed E-state index contributed by atoms with van der Waals surface area (Å²) in [6.07, 6.45) is 10.3. The molecule has 4 aromatic heterocycles. The van der Waals surface area contributed by atoms with Gasteiger partial charge in [0, 0.05) is 76.0 Å². The van der Waals surface area contributed by atoms with Crippen molar-refractivity contribution in [1.82, 2.24) is 48.8 Å². The number of aliphatic hydroxyl groups is 2. The predicted molar refractivity (Wildman–Crippen MR) is 346 cm³/mol. The molecule has 2 aliphatic heterocycles. The molecule has 2 saturated heterocycles. The molecule has 0 radical (unpaired) electrons. The number of imidazole rings is 2. The Labute approximate surface area is 512 Å². The number of nitrogens with two attached hydrogens (primary N) is 1. The molecule has 87 heavy (non-hydrogen) atoms. The molecule has 2 fully saturated rings. The van der Waals surface area contributed by atoms with Crippen molar-refractivity contribution < 1.29 is 24.5 Å². The number of benzene rings is 4. The summed E-state index contributed by atoms with van der Waals surface area (Å²) in [6.45, 7) is 24.4. The fourth-order valence-electron chi connectivity index (χ4n) is 12.4. The van der Waals surface area contributed by atoms with Gasteiger partial charge in [-0.25, -0.2) is 9.97 Å². The van der Waals surface area contributed by atoms with E-state index in [4.69, 9.17) is 50.2 Å². The Balaban J connectivity index is 0.000000168. The van der Waals surface area contributed by atoms with Crippen LogP contribution in [-0.2, 0) is 41.7 Å². The summed E-state index contributed by atoms with van der Waals surface area (Å²) in [5.74, 6) is 1.75. The molecule has 0 bridgehead atoms. The van der Waals surface area contributed by atoms with Gasteiger partial charge in [0.15, 0.2) is 0 Å². The molecular formula is C68H90N14O5. The summed E-state index contributed by atoms with van der Waals surface area (Å²) in [5, 5.41) is 29.2. The van der Waals surface area contributed by atoms with E-state index in [0.717, 1.165) is 244 Å². The van der Waals surface area contributed by atoms with E-state index in [9.17, 15) is 9.90 Å². The summed E-state index contributed by atoms with van der Waals surface area (Å²) >= 11 is 0. The summed E-state index contributed by atoms with van der Waals surface area (Å²) in [7, 11) is 0. The first-order valence-corrected chi connectivity index (χ1v) is 31.5. The summed E-state index contributed by atoms with van der Waals surface area (Å²) < 4.78 is 15.6. The Hall–Kier alpha value is -7.39. The molecule has 19 heteroatoms. The van der Waals surface area contributed by atoms with Crippen LogP contribution in [0.2, 0.25) is 0 Å². The average molecular weight is 1180 g/mol. The first-order chi connectivity index (χ1) is 42.4. The molecule has 2 unspecified atom stereocenters. The maximum atomic E-state index is 11.5. The van der Waals surface area contributed by atoms with Crippen LogP contribution in [0.4, 0.5) is 23.3 Å². The second-order valence-electron chi connectivity index (χ2n) is 23.7. The molecule has 0 spiro atoms. The van der Waals surface area contributed by atoms with Crippen molar-refractivity contribution in [3.05, 3.63) is 152 Å². The van der Waals surface area contributed by atoms with Gasteiger partial charge < -0.3 is 50.5 Å². The number of aromatic nitrogens is 8. The van der Waals surface area contributed by atoms with Crippen LogP contribution in [0.25, 0.3) is 22.1 Å². The van der Waals surface area contributed by atoms with Crippen LogP contribution in [-0.4, -0.2) is 157 Å². The van der Waals surface area contributed by atoms with E-state index < -0.39 is 0 Å². The van der Waals surface area contributed by atoms with Crippen molar-refractivity contribution in [2.75, 3.05) is 114 Å². The first-order valence-electron chi connectivity index (χ1n) is 31.5. The zero-order valence-electron chi connectivity index (χ0n) is 52.0. The van der Waals surface area contributed by atoms with Gasteiger partial charge in [0.25, 0.3) is 0 Å². The molecule has 7 N–H and O–H groups in total. The van der Waals surface area contributed by atoms with Crippen molar-refractivity contribution >= 4 is 51.6 Å². The van der Waals surface area contributed by atoms with Crippen LogP contribution < -0.4 is 21.7 Å². The molecule has 4 aliphatic rings. The van der Waals surface area contributed by atoms with Gasteiger partial charge in [-0.15, -0.1) is 0 Å². The molecule has 2 atom stereocenters. The molecule has 462 valence electrons. The maximum absolute atomic E-state index is 11.5. The molecule has 12 rings (SSSR count). The van der Waals surface area contributed by atoms with Crippen molar-refractivity contribution in [2.45, 2.75) is 124 Å². The lowest BCUT2D eigenvalue weighted by atomic mass is 9.94. The maximum Gasteiger partial charge on any atom is 0.204 e. The third kappa shape index (κ3) is 15.7. The Kier molecular flexibility index (Phi) is 21.6. The number of aliphatic hydroxyl groups excluding tert-OH is 2. The van der Waals surface area contributed by atoms with Gasteiger partial charge in [-0.1, -0.05) is 30.3 Å². The predicted octanol–water partition coefficient (Wildman–Crippen LogP) is 9.39. The standard InChI is InChI=1S/C34H45N7O2.C25H32N6O2.C9H13NO/c1-23-8-10-27(12-17-42)30(20-23)36-22-26-9-11-28-32(21-26)41(31-7-4-6-29-33(31)38-25(3)24(2)37-29)34(39-28)35-13-5-14-40-15-18-43-19-16-40;1-17-18(2)28-24-21(27-17)5-3-6-22(24)31-23-15-19(16-32)7-8-20(23)29-25(31)26-9-4-10-30-11-13-33-14-12-30;1-7-2-3-8(4-5-11)9(10)6-7/h8-11,20-21,31,36,42H,4-7,12-19,22H2,1-3H3,(H,35,39);7-8,15-16,22H,3-6,9-14H2,1-2H3,(H,26,29);2-3,6,11H,4-5,10H2,1H3. The number of carbonyl (C=O) groups excluding carboxylic acids is 1. The highest BCUT2D eigenvalue weighted by atomic mass is 16.5. The topological polar surface area (TPSA) is 232 Å². The van der Waals surface area contributed by atoms with Crippen LogP contribution in [0.15, 0.2) is 72.8 Å². The van der Waals surface area contributed by atoms with Gasteiger partial charge in [0.05, 0.1) is 106 Å². The summed E-state index contributed by atoms with van der Waals surface area (Å²) in [5.41, 5.74) is 26.2. The van der Waals surface area contributed by atoms with E-state index in [0.29, 0.717) is 24.9 Å². The van der Waals surface area contributed by atoms with Gasteiger partial charge >= 0.3 is 0 Å². The quantitative estimate of drug-likeness (QED) is 0.0237. The summed E-state index contributed by atoms with van der Waals surface area (Å²) in [4.78, 5) is 46.3. The fraction of sp³-hybridized carbons (Fsp3) is 0.485. The minimum Gasteiger partial charge on any atom is -0.398 e. The van der Waals surface area contributed by atoms with Crippen molar-refractivity contribution in [3.8, 4) is 0 Å². The number of hydrogen-bond donors (Lipinski definition) is 6. The van der Waals surface area contributed by atoms with Crippen LogP contribution in [0, 0.1) is 41.5 Å². The number of ether oxygens (including phenoxy) is 2. The van der Waals surface area contributed by atoms with Gasteiger partial charge in [0.1, 0.15) is 6.29 Å². The molecule has 4 aromatic carbocycles. The van der Waals surface area contributed by atoms with Gasteiger partial charge in [-0.05, 0) is 189 Å². The summed E-state index contributed by atoms with van der Waals surface area (Å²) in [6, 6.07) is 24.7. The zero-order chi connectivity index (χ0) is 60.8. The van der Waals surface area contributed by atoms with E-state index in [-0.39, 0.29) is 25.3 Å². The Morgan fingerprint density at radius 2 is 1.07 bits per heavy atom. The third-order valence-corrected chi connectivity index (χ3v) is 17.3. The number of fused-ring (bicyclic) bond motifs is 4. The number of nitrogens with one attached hydrogen (secondary N) is 3. The third-order valence-electron chi connectivity index (χ3n) is 17.3. The van der Waals surface area contributed by atoms with Gasteiger partial charge in [-0.3, -0.25) is 34.5 Å². The molecule has 8 aromatic rings. The van der Waals surface area contributed by atoms with Gasteiger partial charge in [0.2, 0.25) is 11.9 Å². The number of hydrogen-bond acceptors (Lipinski definition) is 17. The second kappa shape index (κ2) is 30.0. The number of nitrogen functional groups attached to an aromatic ring is 1. The number of aldehydes is 1. The Morgan fingerprint density at radius 3 is 1.60 bits per heavy atom. The zero-order valence-corrected chi connectivity index (χ0v) is 52.0. The SMILES string of the molecule is Cc1ccc(CCO)c(N)c1.Cc1ccc(CCO)c(NCc2ccc3nc(NCCCN4CCOCC4)n(C4CCCc5nc(C)c(C)nc54)c3c2)c1.Cc1nc2c(nc1C)C(n1c(NCCCN3CCOCC3)nc3ccc(C=O)cc31)CCC2. The number of morpholine rings is 2. The molecule has 2 aliphatic carbocycles. The lowest BCUT2D eigenvalue weighted by Gasteiger charge is -2.28. The molecule has 6 heterocycles. The lowest BCUT2D eigenvalue weighted by molar-refractivity contribution is 0.0377. The smallest absolute Gasteiger partial charge is 0.204 e. The van der Waals surface area contributed by atoms with Gasteiger partial charge in [-0.2, -0.15) is 0 Å². The normalized spacial score (nSPS) is 17.0. The monoisotopic (exact) mass is 1180 g/mol. The van der Waals surface area contributed by atoms with E-state index in [1.807, 2.05) is 57.2 Å². The highest BCUT2D eigenvalue weighted by Gasteiger charge is 2.31. The molecular weight excluding hydrogens is 1090 g/mol. The lowest BCUT2D eigenvalue weighted by Crippen LogP contribution is -2.37. The minimum absolute atomic E-state index is 0.0502. The van der Waals surface area contributed by atoms with Crippen LogP contribution >= 0.6 is 0 Å². The van der Waals surface area contributed by atoms with Crippen molar-refractivity contribution in [2.24, 2.45) is 0 Å². The largest absolute Gasteiger partial charge is 0.398 e. The number of nitrogens with zero attached hydrogens (tertiary/aromatic N) is 10. The molecule has 0 saturated carbocycles. The van der Waals surface area contributed by atoms with E-state index >= 15 is 0 Å². The first kappa shape index (κ1) is 62.7. The van der Waals surface area contributed by atoms with Crippen LogP contribution in [0.3, 0.4) is 0 Å². The van der Waals surface area contributed by atoms with Crippen molar-refractivity contribution in [1.29, 1.82) is 0 Å².